The Kier molecular flexibility index (Phi) is 21.8. The molecule has 12 aliphatic rings. The van der Waals surface area contributed by atoms with Gasteiger partial charge in [-0.25, -0.2) is 29.3 Å². The zero-order chi connectivity index (χ0) is 67.1. The van der Waals surface area contributed by atoms with E-state index < -0.39 is 170 Å². The number of rotatable bonds is 23. The molecule has 3 saturated carbocycles. The van der Waals surface area contributed by atoms with Crippen LogP contribution in [-0.2, 0) is 120 Å². The van der Waals surface area contributed by atoms with Crippen LogP contribution in [0.15, 0.2) is 0 Å². The van der Waals surface area contributed by atoms with E-state index in [1.165, 1.54) is 7.11 Å². The number of hydrogen-bond acceptors (Lipinski definition) is 25. The normalized spacial score (nSPS) is 42.1. The van der Waals surface area contributed by atoms with Crippen molar-refractivity contribution in [2.24, 2.45) is 70.5 Å². The summed E-state index contributed by atoms with van der Waals surface area (Å²) in [6, 6.07) is 0. The van der Waals surface area contributed by atoms with Crippen molar-refractivity contribution in [2.45, 2.75) is 256 Å². The van der Waals surface area contributed by atoms with E-state index in [4.69, 9.17) is 86.2 Å². The van der Waals surface area contributed by atoms with Crippen LogP contribution in [0.4, 0.5) is 0 Å². The molecule has 0 radical (unpaired) electrons. The van der Waals surface area contributed by atoms with Crippen LogP contribution >= 0.6 is 0 Å². The molecule has 9 saturated heterocycles. The van der Waals surface area contributed by atoms with Crippen LogP contribution in [0.2, 0.25) is 0 Å². The van der Waals surface area contributed by atoms with Crippen molar-refractivity contribution in [2.75, 3.05) is 53.9 Å². The molecule has 93 heavy (non-hydrogen) atoms. The fourth-order valence-corrected chi connectivity index (χ4v) is 17.7. The third-order valence-electron chi connectivity index (χ3n) is 23.7. The van der Waals surface area contributed by atoms with Gasteiger partial charge in [0, 0.05) is 75.4 Å². The van der Waals surface area contributed by atoms with Gasteiger partial charge in [-0.15, -0.1) is 0 Å². The van der Waals surface area contributed by atoms with Gasteiger partial charge in [0.1, 0.15) is 48.3 Å². The second kappa shape index (κ2) is 28.3. The summed E-state index contributed by atoms with van der Waals surface area (Å²) in [6.07, 6.45) is 3.20. The monoisotopic (exact) mass is 1320 g/mol. The first-order valence-electron chi connectivity index (χ1n) is 34.1. The highest BCUT2D eigenvalue weighted by Crippen LogP contribution is 2.63. The SMILES string of the molecule is CO[C@@H](OC(=O)CCC(=O)OCC(COC(=O)CCC(=O)O[C@@H]1OC[C@@H]2O[C@@]3(C)CC[C@H]4[C@H](C)CC[C@@H]([C@H]1C)[C@@]24OO3)(COC(=O)CCC(=O)O[C@@H]1OC[C@@]23OO[C@@](C)(OC)CC[C@H]2[C@H](C)CC[C@@]3(C)[C@H]1C)NC(C)=O)[C@H](C)[C@@H]1CC[C@@H](C)[C@@H]2CC[C@]3(C)OC[C@]12OO3. The second-order valence-electron chi connectivity index (χ2n) is 29.8. The number of hydrogen-bond donors (Lipinski definition) is 1. The van der Waals surface area contributed by atoms with Gasteiger partial charge in [-0.05, 0) is 114 Å². The molecule has 0 aromatic heterocycles. The summed E-state index contributed by atoms with van der Waals surface area (Å²) in [4.78, 5) is 132. The Morgan fingerprint density at radius 1 is 0.559 bits per heavy atom. The highest BCUT2D eigenvalue weighted by Gasteiger charge is 2.70. The average molecular weight is 1320 g/mol. The van der Waals surface area contributed by atoms with Gasteiger partial charge in [0.2, 0.25) is 24.8 Å². The van der Waals surface area contributed by atoms with Crippen LogP contribution < -0.4 is 5.32 Å². The Morgan fingerprint density at radius 3 is 1.75 bits per heavy atom. The van der Waals surface area contributed by atoms with Crippen LogP contribution in [0.1, 0.15) is 192 Å². The molecule has 23 atom stereocenters. The molecule has 1 N–H and O–H groups in total. The van der Waals surface area contributed by atoms with Crippen LogP contribution in [0.5, 0.6) is 0 Å². The van der Waals surface area contributed by atoms with Crippen molar-refractivity contribution in [3.05, 3.63) is 0 Å². The first-order chi connectivity index (χ1) is 44.0. The number of fused-ring (bicyclic) bond motifs is 5. The Labute approximate surface area is 545 Å². The topological polar surface area (TPSA) is 298 Å². The van der Waals surface area contributed by atoms with Crippen molar-refractivity contribution in [3.63, 3.8) is 0 Å². The number of methoxy groups -OCH3 is 2. The van der Waals surface area contributed by atoms with E-state index in [9.17, 15) is 33.6 Å². The van der Waals surface area contributed by atoms with Crippen LogP contribution in [0.3, 0.4) is 0 Å². The summed E-state index contributed by atoms with van der Waals surface area (Å²) >= 11 is 0. The van der Waals surface area contributed by atoms with E-state index in [0.717, 1.165) is 64.7 Å². The van der Waals surface area contributed by atoms with E-state index >= 15 is 0 Å². The van der Waals surface area contributed by atoms with Crippen molar-refractivity contribution in [1.82, 2.24) is 5.32 Å². The predicted octanol–water partition coefficient (Wildman–Crippen LogP) is 8.10. The summed E-state index contributed by atoms with van der Waals surface area (Å²) in [5.74, 6) is -8.50. The molecular weight excluding hydrogens is 1220 g/mol. The second-order valence-corrected chi connectivity index (χ2v) is 29.8. The molecule has 0 aromatic rings. The van der Waals surface area contributed by atoms with Gasteiger partial charge in [0.15, 0.2) is 17.4 Å². The number of amides is 1. The lowest BCUT2D eigenvalue weighted by atomic mass is 9.50. The maximum atomic E-state index is 13.6. The highest BCUT2D eigenvalue weighted by molar-refractivity contribution is 5.80. The largest absolute Gasteiger partial charge is 0.463 e. The quantitative estimate of drug-likeness (QED) is 0.0437. The fraction of sp³-hybridized carbons (Fsp3) is 0.896. The Morgan fingerprint density at radius 2 is 1.13 bits per heavy atom. The van der Waals surface area contributed by atoms with Crippen molar-refractivity contribution in [1.29, 1.82) is 0 Å². The number of carbonyl (C=O) groups is 7. The van der Waals surface area contributed by atoms with Gasteiger partial charge in [0.05, 0.1) is 58.3 Å². The third kappa shape index (κ3) is 14.4. The molecule has 3 spiro atoms. The lowest BCUT2D eigenvalue weighted by molar-refractivity contribution is -0.533. The van der Waals surface area contributed by atoms with E-state index in [0.29, 0.717) is 43.6 Å². The minimum atomic E-state index is -1.93. The van der Waals surface area contributed by atoms with Crippen molar-refractivity contribution in [3.8, 4) is 0 Å². The van der Waals surface area contributed by atoms with Crippen molar-refractivity contribution >= 4 is 41.7 Å². The molecule has 9 heterocycles. The molecular formula is C67H103NO25. The van der Waals surface area contributed by atoms with Gasteiger partial charge in [-0.2, -0.15) is 0 Å². The predicted molar refractivity (Wildman–Crippen MR) is 319 cm³/mol. The van der Waals surface area contributed by atoms with Crippen LogP contribution in [-0.4, -0.2) is 160 Å². The van der Waals surface area contributed by atoms with Crippen LogP contribution in [0.25, 0.3) is 0 Å². The van der Waals surface area contributed by atoms with Gasteiger partial charge in [-0.1, -0.05) is 48.5 Å². The first kappa shape index (κ1) is 71.6. The maximum absolute atomic E-state index is 13.6. The standard InChI is InChI=1S/C67H103NO25/c1-38-14-16-48(65-36-83-62(10,89-91-65)30-25-45(38)65)41(4)57(76-12)84-54(73)21-18-51(70)79-33-64(68-44(7)69,34-80-52(71)19-22-55(74)85-58-42(5)49-17-15-39(2)47-27-31-63(11)87-50(32-78-58)67(47,49)93-90-63)35-81-53(72)20-23-56(75)86-59-43(6)60(8)28-24-40(3)46-26-29-61(9,77-13)88-92-66(46,60)37-82-59/h38-43,45-50,57-59H,14-37H2,1-13H3,(H,68,69)/t38-,39-,40-,41-,42-,43+,45+,46+,47+,48+,49+,50+,57+,58+,59+,60+,61-,62-,63-,64?,65-,66-,67-/m1/s1. The Hall–Kier alpha value is -4.19. The molecule has 526 valence electrons. The number of ether oxygens (including phenoxy) is 12. The highest BCUT2D eigenvalue weighted by atomic mass is 17.3. The molecule has 3 aliphatic carbocycles. The van der Waals surface area contributed by atoms with Crippen LogP contribution in [0, 0.1) is 70.5 Å². The van der Waals surface area contributed by atoms with Gasteiger partial charge in [-0.3, -0.25) is 33.6 Å². The Bertz CT molecular complexity index is 2710. The molecule has 1 amide bonds. The zero-order valence-corrected chi connectivity index (χ0v) is 56.8. The van der Waals surface area contributed by atoms with E-state index in [-0.39, 0.29) is 60.6 Å². The lowest BCUT2D eigenvalue weighted by Gasteiger charge is -2.61. The van der Waals surface area contributed by atoms with E-state index in [2.05, 4.69) is 33.0 Å². The molecule has 12 rings (SSSR count). The fourth-order valence-electron chi connectivity index (χ4n) is 17.7. The number of carbonyl (C=O) groups excluding carboxylic acids is 7. The molecule has 4 bridgehead atoms. The lowest BCUT2D eigenvalue weighted by Crippen LogP contribution is -2.68. The van der Waals surface area contributed by atoms with E-state index in [1.54, 1.807) is 7.11 Å². The summed E-state index contributed by atoms with van der Waals surface area (Å²) in [5, 5.41) is 2.63. The van der Waals surface area contributed by atoms with Gasteiger partial charge >= 0.3 is 35.8 Å². The molecule has 9 aliphatic heterocycles. The first-order valence-corrected chi connectivity index (χ1v) is 34.1. The molecule has 26 nitrogen and oxygen atoms in total. The maximum Gasteiger partial charge on any atom is 0.308 e. The molecule has 1 unspecified atom stereocenters. The smallest absolute Gasteiger partial charge is 0.308 e. The molecule has 26 heteroatoms. The zero-order valence-electron chi connectivity index (χ0n) is 56.8. The molecule has 12 fully saturated rings. The summed E-state index contributed by atoms with van der Waals surface area (Å²) in [5.41, 5.74) is -4.92. The van der Waals surface area contributed by atoms with Gasteiger partial charge < -0.3 is 62.2 Å². The summed E-state index contributed by atoms with van der Waals surface area (Å²) in [7, 11) is 3.01. The minimum absolute atomic E-state index is 0.0696. The molecule has 0 aromatic carbocycles. The number of nitrogens with one attached hydrogen (secondary N) is 1. The summed E-state index contributed by atoms with van der Waals surface area (Å²) < 4.78 is 71.6. The van der Waals surface area contributed by atoms with Crippen molar-refractivity contribution < 1.29 is 120 Å². The van der Waals surface area contributed by atoms with E-state index in [1.807, 2.05) is 41.5 Å². The number of esters is 6. The summed E-state index contributed by atoms with van der Waals surface area (Å²) in [6.45, 7) is 19.6. The third-order valence-corrected chi connectivity index (χ3v) is 23.7. The average Bonchev–Trinajstić information content (AvgIpc) is 1.72. The minimum Gasteiger partial charge on any atom is -0.463 e. The van der Waals surface area contributed by atoms with Gasteiger partial charge in [0.25, 0.3) is 0 Å². The Balaban J connectivity index is 0.759.